The van der Waals surface area contributed by atoms with Crippen LogP contribution in [0, 0.1) is 116 Å². The third-order valence-corrected chi connectivity index (χ3v) is 14.2. The summed E-state index contributed by atoms with van der Waals surface area (Å²) in [7, 11) is -0.733. The highest BCUT2D eigenvalue weighted by Crippen LogP contribution is 2.41. The van der Waals surface area contributed by atoms with E-state index in [-0.39, 0.29) is 16.9 Å². The smallest absolute Gasteiger partial charge is 0.373 e. The van der Waals surface area contributed by atoms with Gasteiger partial charge in [0.2, 0.25) is 5.82 Å². The van der Waals surface area contributed by atoms with Crippen LogP contribution in [0.1, 0.15) is 90.6 Å². The van der Waals surface area contributed by atoms with Gasteiger partial charge in [0.1, 0.15) is 35.7 Å². The van der Waals surface area contributed by atoms with E-state index in [1.165, 1.54) is 0 Å². The molecule has 0 radical (unpaired) electrons. The first-order chi connectivity index (χ1) is 34.5. The highest BCUT2D eigenvalue weighted by Gasteiger charge is 2.60. The van der Waals surface area contributed by atoms with E-state index in [2.05, 4.69) is 0 Å². The summed E-state index contributed by atoms with van der Waals surface area (Å²) in [5.74, 6) is -62.7. The van der Waals surface area contributed by atoms with E-state index in [1.807, 2.05) is 20.8 Å². The van der Waals surface area contributed by atoms with Gasteiger partial charge in [0, 0.05) is 17.0 Å². The summed E-state index contributed by atoms with van der Waals surface area (Å²) < 4.78 is 324. The zero-order valence-electron chi connectivity index (χ0n) is 40.6. The van der Waals surface area contributed by atoms with Gasteiger partial charge < -0.3 is 9.13 Å². The molecular formula is C50H40B2F20NOP. The Hall–Kier alpha value is -5.63. The van der Waals surface area contributed by atoms with E-state index in [0.717, 1.165) is 11.6 Å². The molecule has 1 unspecified atom stereocenters. The van der Waals surface area contributed by atoms with Gasteiger partial charge in [-0.1, -0.05) is 100 Å². The number of nitrogens with zero attached hydrogens (tertiary/aromatic N) is 1. The van der Waals surface area contributed by atoms with E-state index in [4.69, 9.17) is 4.65 Å². The minimum Gasteiger partial charge on any atom is -0.452 e. The van der Waals surface area contributed by atoms with Crippen LogP contribution in [-0.2, 0) is 20.9 Å². The second kappa shape index (κ2) is 20.7. The Kier molecular flexibility index (Phi) is 16.2. The molecule has 2 nitrogen and oxygen atoms in total. The van der Waals surface area contributed by atoms with Crippen molar-refractivity contribution in [3.8, 4) is 0 Å². The Balaban J connectivity index is 1.88. The van der Waals surface area contributed by atoms with Crippen molar-refractivity contribution < 1.29 is 96.9 Å². The van der Waals surface area contributed by atoms with Crippen molar-refractivity contribution >= 4 is 43.5 Å². The van der Waals surface area contributed by atoms with Crippen LogP contribution in [0.3, 0.4) is 0 Å². The normalized spacial score (nSPS) is 13.2. The standard InChI is InChI=1S/C50H40B2F20NOP/c1-48(2,3)19-17-20(49(4,5)6)46(21(18-19)50(7,8)9)75-16-13-51(23-28(55)36(63)43(70)37(64)29(23)56)74-47(22-26(53)34(61)42(69)35(62)27(22)54)52(73-14-11-10-12-15-73,24-30(57)38(65)44(71)39(66)31(24)58)25-32(59)40(67)45(72)41(68)33(25)60/h10-12,14-15,17-18,47,75H,13,16H2,1-9H3/t47-/m0/s1. The van der Waals surface area contributed by atoms with Gasteiger partial charge in [-0.05, 0) is 62.9 Å². The summed E-state index contributed by atoms with van der Waals surface area (Å²) in [6.07, 6.45) is -7.92. The maximum absolute atomic E-state index is 16.9. The molecule has 0 bridgehead atoms. The number of rotatable bonds is 12. The number of hydrogen-bond donors (Lipinski definition) is 0. The highest BCUT2D eigenvalue weighted by atomic mass is 31.1. The molecular weight excluding hydrogens is 1060 g/mol. The van der Waals surface area contributed by atoms with Gasteiger partial charge in [0.05, 0.1) is 0 Å². The van der Waals surface area contributed by atoms with Crippen molar-refractivity contribution in [2.75, 3.05) is 6.16 Å². The molecule has 5 aromatic carbocycles. The third kappa shape index (κ3) is 9.91. The Morgan fingerprint density at radius 1 is 0.440 bits per heavy atom. The number of hydrogen-bond acceptors (Lipinski definition) is 1. The van der Waals surface area contributed by atoms with Crippen molar-refractivity contribution in [1.29, 1.82) is 0 Å². The maximum atomic E-state index is 16.9. The van der Waals surface area contributed by atoms with E-state index in [0.29, 0.717) is 28.6 Å². The Morgan fingerprint density at radius 2 is 0.760 bits per heavy atom. The van der Waals surface area contributed by atoms with Crippen molar-refractivity contribution in [1.82, 2.24) is 0 Å². The first kappa shape index (κ1) is 58.6. The van der Waals surface area contributed by atoms with E-state index < -0.39 is 195 Å². The van der Waals surface area contributed by atoms with Crippen LogP contribution < -0.4 is 26.2 Å². The van der Waals surface area contributed by atoms with Crippen molar-refractivity contribution in [2.24, 2.45) is 0 Å². The summed E-state index contributed by atoms with van der Waals surface area (Å²) >= 11 is 0. The number of benzene rings is 5. The average molecular weight is 1100 g/mol. The van der Waals surface area contributed by atoms with Crippen LogP contribution in [0.5, 0.6) is 0 Å². The van der Waals surface area contributed by atoms with Gasteiger partial charge in [-0.25, -0.2) is 87.8 Å². The molecule has 0 aliphatic carbocycles. The Morgan fingerprint density at radius 3 is 1.09 bits per heavy atom. The summed E-state index contributed by atoms with van der Waals surface area (Å²) in [5, 5.41) is 0.455. The molecule has 6 aromatic rings. The van der Waals surface area contributed by atoms with Crippen LogP contribution in [-0.4, -0.2) is 19.4 Å². The monoisotopic (exact) mass is 1100 g/mol. The first-order valence-corrected chi connectivity index (χ1v) is 23.5. The van der Waals surface area contributed by atoms with Crippen LogP contribution in [0.2, 0.25) is 6.32 Å². The van der Waals surface area contributed by atoms with E-state index >= 15 is 70.2 Å². The van der Waals surface area contributed by atoms with Crippen LogP contribution in [0.25, 0.3) is 0 Å². The summed E-state index contributed by atoms with van der Waals surface area (Å²) in [4.78, 5) is 0. The number of aromatic nitrogens is 1. The third-order valence-electron chi connectivity index (χ3n) is 12.7. The van der Waals surface area contributed by atoms with Crippen molar-refractivity contribution in [3.05, 3.63) is 181 Å². The fraction of sp³-hybridized carbons (Fsp3) is 0.300. The lowest BCUT2D eigenvalue weighted by Crippen LogP contribution is -2.84. The van der Waals surface area contributed by atoms with E-state index in [9.17, 15) is 17.6 Å². The van der Waals surface area contributed by atoms with Gasteiger partial charge in [0.15, 0.2) is 87.3 Å². The lowest BCUT2D eigenvalue weighted by molar-refractivity contribution is -0.546. The molecule has 25 heteroatoms. The molecule has 0 saturated heterocycles. The Bertz CT molecular complexity index is 3040. The molecule has 75 heavy (non-hydrogen) atoms. The lowest BCUT2D eigenvalue weighted by Gasteiger charge is -2.44. The summed E-state index contributed by atoms with van der Waals surface area (Å²) in [5.41, 5.74) is -11.1. The zero-order valence-corrected chi connectivity index (χ0v) is 41.6. The van der Waals surface area contributed by atoms with Gasteiger partial charge in [-0.3, -0.25) is 0 Å². The minimum absolute atomic E-state index is 0.219. The molecule has 0 amide bonds. The SMILES string of the molecule is CC(C)(C)c1cc(C(C)(C)C)c(PCCB(O[C@@H](c2c(F)c(F)c(F)c(F)c2F)[B-](c2c(F)c(F)c(F)c(F)c2F)(c2c(F)c(F)c(F)c(F)c2F)[n+]2ccccc2)c2c(F)c(F)c(F)c(F)c2F)c(C(C)(C)C)c1. The summed E-state index contributed by atoms with van der Waals surface area (Å²) in [6.45, 7) is 13.0. The van der Waals surface area contributed by atoms with E-state index in [1.54, 1.807) is 53.7 Å². The average Bonchev–Trinajstić information content (AvgIpc) is 3.34. The van der Waals surface area contributed by atoms with Gasteiger partial charge in [-0.2, -0.15) is 0 Å². The quantitative estimate of drug-likeness (QED) is 0.0391. The maximum Gasteiger partial charge on any atom is 0.373 e. The molecule has 1 aromatic heterocycles. The van der Waals surface area contributed by atoms with Crippen molar-refractivity contribution in [2.45, 2.75) is 90.9 Å². The molecule has 0 fully saturated rings. The molecule has 0 aliphatic rings. The predicted octanol–water partition coefficient (Wildman–Crippen LogP) is 12.5. The largest absolute Gasteiger partial charge is 0.452 e. The molecule has 402 valence electrons. The molecule has 0 saturated carbocycles. The number of halogens is 20. The van der Waals surface area contributed by atoms with Gasteiger partial charge >= 0.3 is 13.2 Å². The highest BCUT2D eigenvalue weighted by molar-refractivity contribution is 7.47. The summed E-state index contributed by atoms with van der Waals surface area (Å²) in [6, 6.07) is 1.31. The first-order valence-electron chi connectivity index (χ1n) is 22.3. The molecule has 2 atom stereocenters. The lowest BCUT2D eigenvalue weighted by atomic mass is 9.22. The predicted molar refractivity (Wildman–Crippen MR) is 241 cm³/mol. The van der Waals surface area contributed by atoms with Gasteiger partial charge in [0.25, 0.3) is 0 Å². The zero-order chi connectivity index (χ0) is 56.7. The molecule has 0 spiro atoms. The molecule has 0 N–H and O–H groups in total. The second-order valence-electron chi connectivity index (χ2n) is 20.6. The minimum atomic E-state index is -6.31. The topological polar surface area (TPSA) is 13.1 Å². The fourth-order valence-electron chi connectivity index (χ4n) is 9.04. The number of pyridine rings is 1. The Labute approximate surface area is 417 Å². The van der Waals surface area contributed by atoms with Gasteiger partial charge in [-0.15, -0.1) is 0 Å². The molecule has 6 rings (SSSR count). The van der Waals surface area contributed by atoms with Crippen molar-refractivity contribution in [3.63, 3.8) is 0 Å². The van der Waals surface area contributed by atoms with Crippen LogP contribution in [0.15, 0.2) is 42.7 Å². The fourth-order valence-corrected chi connectivity index (χ4v) is 11.0. The molecule has 1 heterocycles. The van der Waals surface area contributed by atoms with Crippen LogP contribution >= 0.6 is 8.58 Å². The molecule has 0 aliphatic heterocycles. The van der Waals surface area contributed by atoms with Crippen LogP contribution in [0.4, 0.5) is 87.8 Å². The second-order valence-corrected chi connectivity index (χ2v) is 22.0.